The second-order valence-electron chi connectivity index (χ2n) is 7.72. The highest BCUT2D eigenvalue weighted by Gasteiger charge is 2.29. The molecule has 0 radical (unpaired) electrons. The Bertz CT molecular complexity index is 942. The monoisotopic (exact) mass is 427 g/mol. The highest BCUT2D eigenvalue weighted by molar-refractivity contribution is 5.95. The van der Waals surface area contributed by atoms with Crippen molar-refractivity contribution in [2.75, 3.05) is 13.7 Å². The summed E-state index contributed by atoms with van der Waals surface area (Å²) in [6, 6.07) is 7.25. The van der Waals surface area contributed by atoms with Crippen LogP contribution in [0.5, 0.6) is 11.5 Å². The zero-order valence-corrected chi connectivity index (χ0v) is 18.4. The number of hydrazone groups is 1. The van der Waals surface area contributed by atoms with Crippen LogP contribution in [0.15, 0.2) is 40.0 Å². The van der Waals surface area contributed by atoms with Crippen LogP contribution in [0, 0.1) is 6.92 Å². The predicted molar refractivity (Wildman–Crippen MR) is 117 cm³/mol. The van der Waals surface area contributed by atoms with Gasteiger partial charge in [-0.1, -0.05) is 0 Å². The SMILES string of the molecule is COc1cc(C=NNC(=O)c2ccoc2C)ccc1OCC(=O)N1C(C)CCCC1C. The Morgan fingerprint density at radius 1 is 1.23 bits per heavy atom. The van der Waals surface area contributed by atoms with Gasteiger partial charge in [0.2, 0.25) is 0 Å². The Morgan fingerprint density at radius 2 is 1.97 bits per heavy atom. The van der Waals surface area contributed by atoms with E-state index in [1.807, 2.05) is 4.90 Å². The lowest BCUT2D eigenvalue weighted by Gasteiger charge is -2.39. The number of nitrogens with one attached hydrogen (secondary N) is 1. The number of rotatable bonds is 7. The van der Waals surface area contributed by atoms with Gasteiger partial charge in [-0.3, -0.25) is 9.59 Å². The minimum atomic E-state index is -0.353. The predicted octanol–water partition coefficient (Wildman–Crippen LogP) is 3.53. The molecular weight excluding hydrogens is 398 g/mol. The molecule has 1 aromatic carbocycles. The zero-order chi connectivity index (χ0) is 22.4. The van der Waals surface area contributed by atoms with E-state index in [1.165, 1.54) is 19.6 Å². The van der Waals surface area contributed by atoms with E-state index in [0.717, 1.165) is 19.3 Å². The lowest BCUT2D eigenvalue weighted by atomic mass is 9.97. The number of carbonyl (C=O) groups is 2. The van der Waals surface area contributed by atoms with Crippen molar-refractivity contribution in [3.05, 3.63) is 47.4 Å². The molecule has 2 aromatic rings. The van der Waals surface area contributed by atoms with Gasteiger partial charge in [0.05, 0.1) is 25.2 Å². The van der Waals surface area contributed by atoms with Crippen LogP contribution in [0.25, 0.3) is 0 Å². The fourth-order valence-electron chi connectivity index (χ4n) is 3.86. The lowest BCUT2D eigenvalue weighted by Crippen LogP contribution is -2.49. The standard InChI is InChI=1S/C23H29N3O5/c1-15-6-5-7-16(2)26(15)22(27)14-31-20-9-8-18(12-21(20)29-4)13-24-25-23(28)19-10-11-30-17(19)3/h8-13,15-16H,5-7,14H2,1-4H3,(H,25,28). The van der Waals surface area contributed by atoms with Crippen LogP contribution in [-0.2, 0) is 4.79 Å². The van der Waals surface area contributed by atoms with Crippen LogP contribution in [0.1, 0.15) is 54.8 Å². The van der Waals surface area contributed by atoms with Crippen molar-refractivity contribution >= 4 is 18.0 Å². The van der Waals surface area contributed by atoms with Crippen molar-refractivity contribution in [1.82, 2.24) is 10.3 Å². The molecule has 8 heteroatoms. The second kappa shape index (κ2) is 10.1. The summed E-state index contributed by atoms with van der Waals surface area (Å²) in [7, 11) is 1.53. The minimum Gasteiger partial charge on any atom is -0.493 e. The van der Waals surface area contributed by atoms with Gasteiger partial charge in [0.1, 0.15) is 5.76 Å². The molecule has 0 bridgehead atoms. The first kappa shape index (κ1) is 22.4. The van der Waals surface area contributed by atoms with E-state index in [4.69, 9.17) is 13.9 Å². The molecule has 0 saturated carbocycles. The van der Waals surface area contributed by atoms with Crippen LogP contribution in [0.4, 0.5) is 0 Å². The van der Waals surface area contributed by atoms with Crippen LogP contribution < -0.4 is 14.9 Å². The van der Waals surface area contributed by atoms with Gasteiger partial charge in [-0.25, -0.2) is 5.43 Å². The molecule has 1 fully saturated rings. The summed E-state index contributed by atoms with van der Waals surface area (Å²) in [4.78, 5) is 26.6. The number of methoxy groups -OCH3 is 1. The van der Waals surface area contributed by atoms with Crippen molar-refractivity contribution in [1.29, 1.82) is 0 Å². The first-order valence-corrected chi connectivity index (χ1v) is 10.4. The summed E-state index contributed by atoms with van der Waals surface area (Å²) < 4.78 is 16.3. The number of nitrogens with zero attached hydrogens (tertiary/aromatic N) is 2. The third-order valence-electron chi connectivity index (χ3n) is 5.50. The van der Waals surface area contributed by atoms with Crippen molar-refractivity contribution in [3.8, 4) is 11.5 Å². The third kappa shape index (κ3) is 5.45. The van der Waals surface area contributed by atoms with Crippen molar-refractivity contribution < 1.29 is 23.5 Å². The summed E-state index contributed by atoms with van der Waals surface area (Å²) in [5.41, 5.74) is 3.60. The fraction of sp³-hybridized carbons (Fsp3) is 0.435. The van der Waals surface area contributed by atoms with E-state index in [2.05, 4.69) is 24.4 Å². The van der Waals surface area contributed by atoms with Crippen molar-refractivity contribution in [3.63, 3.8) is 0 Å². The Hall–Kier alpha value is -3.29. The number of hydrogen-bond acceptors (Lipinski definition) is 6. The van der Waals surface area contributed by atoms with E-state index >= 15 is 0 Å². The molecular formula is C23H29N3O5. The van der Waals surface area contributed by atoms with Gasteiger partial charge in [0, 0.05) is 12.1 Å². The van der Waals surface area contributed by atoms with Gasteiger partial charge < -0.3 is 18.8 Å². The van der Waals surface area contributed by atoms with Gasteiger partial charge in [0.25, 0.3) is 11.8 Å². The number of likely N-dealkylation sites (tertiary alicyclic amines) is 1. The van der Waals surface area contributed by atoms with Crippen LogP contribution >= 0.6 is 0 Å². The quantitative estimate of drug-likeness (QED) is 0.539. The number of aryl methyl sites for hydroxylation is 1. The fourth-order valence-corrected chi connectivity index (χ4v) is 3.86. The van der Waals surface area contributed by atoms with Gasteiger partial charge in [-0.15, -0.1) is 0 Å². The molecule has 0 aliphatic carbocycles. The molecule has 31 heavy (non-hydrogen) atoms. The summed E-state index contributed by atoms with van der Waals surface area (Å²) in [5.74, 6) is 1.11. The van der Waals surface area contributed by atoms with Crippen LogP contribution in [0.2, 0.25) is 0 Å². The smallest absolute Gasteiger partial charge is 0.274 e. The molecule has 2 amide bonds. The molecule has 1 N–H and O–H groups in total. The van der Waals surface area contributed by atoms with E-state index in [0.29, 0.717) is 28.4 Å². The number of amides is 2. The Kier molecular flexibility index (Phi) is 7.33. The molecule has 0 spiro atoms. The molecule has 2 unspecified atom stereocenters. The maximum atomic E-state index is 12.7. The highest BCUT2D eigenvalue weighted by atomic mass is 16.5. The van der Waals surface area contributed by atoms with E-state index in [9.17, 15) is 9.59 Å². The molecule has 2 heterocycles. The summed E-state index contributed by atoms with van der Waals surface area (Å²) in [6.07, 6.45) is 6.14. The number of hydrogen-bond donors (Lipinski definition) is 1. The number of ether oxygens (including phenoxy) is 2. The number of benzene rings is 1. The van der Waals surface area contributed by atoms with Crippen molar-refractivity contribution in [2.45, 2.75) is 52.1 Å². The molecule has 1 aliphatic heterocycles. The first-order chi connectivity index (χ1) is 14.9. The average Bonchev–Trinajstić information content (AvgIpc) is 3.18. The van der Waals surface area contributed by atoms with E-state index in [1.54, 1.807) is 31.2 Å². The zero-order valence-electron chi connectivity index (χ0n) is 18.4. The average molecular weight is 428 g/mol. The normalized spacial score (nSPS) is 18.8. The molecule has 1 aromatic heterocycles. The maximum Gasteiger partial charge on any atom is 0.274 e. The Balaban J connectivity index is 1.60. The topological polar surface area (TPSA) is 93.4 Å². The van der Waals surface area contributed by atoms with Crippen molar-refractivity contribution in [2.24, 2.45) is 5.10 Å². The molecule has 8 nitrogen and oxygen atoms in total. The first-order valence-electron chi connectivity index (χ1n) is 10.4. The van der Waals surface area contributed by atoms with E-state index in [-0.39, 0.29) is 30.5 Å². The molecule has 166 valence electrons. The van der Waals surface area contributed by atoms with Crippen LogP contribution in [0.3, 0.4) is 0 Å². The largest absolute Gasteiger partial charge is 0.493 e. The highest BCUT2D eigenvalue weighted by Crippen LogP contribution is 2.28. The van der Waals surface area contributed by atoms with E-state index < -0.39 is 0 Å². The number of piperidine rings is 1. The lowest BCUT2D eigenvalue weighted by molar-refractivity contribution is -0.139. The van der Waals surface area contributed by atoms with Crippen LogP contribution in [-0.4, -0.2) is 48.7 Å². The summed E-state index contributed by atoms with van der Waals surface area (Å²) in [6.45, 7) is 5.82. The molecule has 1 saturated heterocycles. The maximum absolute atomic E-state index is 12.7. The van der Waals surface area contributed by atoms with Gasteiger partial charge in [-0.2, -0.15) is 5.10 Å². The van der Waals surface area contributed by atoms with Gasteiger partial charge in [-0.05, 0) is 69.9 Å². The van der Waals surface area contributed by atoms with Gasteiger partial charge >= 0.3 is 0 Å². The Labute approximate surface area is 182 Å². The summed E-state index contributed by atoms with van der Waals surface area (Å²) >= 11 is 0. The molecule has 2 atom stereocenters. The molecule has 3 rings (SSSR count). The Morgan fingerprint density at radius 3 is 2.61 bits per heavy atom. The number of furan rings is 1. The summed E-state index contributed by atoms with van der Waals surface area (Å²) in [5, 5.41) is 3.97. The van der Waals surface area contributed by atoms with Gasteiger partial charge in [0.15, 0.2) is 18.1 Å². The second-order valence-corrected chi connectivity index (χ2v) is 7.72. The minimum absolute atomic E-state index is 0.0235. The molecule has 1 aliphatic rings. The third-order valence-corrected chi connectivity index (χ3v) is 5.50. The number of carbonyl (C=O) groups excluding carboxylic acids is 2.